The Kier molecular flexibility index (Phi) is 3.43. The molecule has 0 aliphatic heterocycles. The topological polar surface area (TPSA) is 38.9 Å². The summed E-state index contributed by atoms with van der Waals surface area (Å²) < 4.78 is 43.4. The maximum atomic E-state index is 12.5. The third-order valence-corrected chi connectivity index (χ3v) is 3.05. The number of aromatic nitrogens is 2. The Morgan fingerprint density at radius 1 is 1.24 bits per heavy atom. The highest BCUT2D eigenvalue weighted by atomic mass is 127. The summed E-state index contributed by atoms with van der Waals surface area (Å²) in [4.78, 5) is 0. The molecule has 0 aliphatic carbocycles. The Balaban J connectivity index is 2.54. The monoisotopic (exact) mass is 418 g/mol. The van der Waals surface area contributed by atoms with Crippen molar-refractivity contribution in [3.8, 4) is 11.5 Å². The van der Waals surface area contributed by atoms with E-state index in [0.29, 0.717) is 4.47 Å². The summed E-state index contributed by atoms with van der Waals surface area (Å²) >= 11 is 4.93. The summed E-state index contributed by atoms with van der Waals surface area (Å²) in [6.07, 6.45) is -4.40. The van der Waals surface area contributed by atoms with E-state index in [1.54, 1.807) is 22.6 Å². The lowest BCUT2D eigenvalue weighted by Crippen LogP contribution is -2.04. The van der Waals surface area contributed by atoms with Crippen molar-refractivity contribution in [1.82, 2.24) is 10.2 Å². The van der Waals surface area contributed by atoms with Gasteiger partial charge < -0.3 is 4.42 Å². The molecule has 0 atom stereocenters. The minimum Gasteiger partial charge on any atom is -0.412 e. The molecule has 0 N–H and O–H groups in total. The Morgan fingerprint density at radius 2 is 1.94 bits per heavy atom. The average Bonchev–Trinajstić information content (AvgIpc) is 2.63. The van der Waals surface area contributed by atoms with E-state index in [1.165, 1.54) is 6.07 Å². The third-order valence-electron chi connectivity index (χ3n) is 1.92. The Labute approximate surface area is 116 Å². The fourth-order valence-corrected chi connectivity index (χ4v) is 1.91. The molecule has 2 aromatic rings. The van der Waals surface area contributed by atoms with E-state index in [1.807, 2.05) is 0 Å². The predicted octanol–water partition coefficient (Wildman–Crippen LogP) is 4.12. The summed E-state index contributed by atoms with van der Waals surface area (Å²) in [5.74, 6) is 0.0485. The van der Waals surface area contributed by atoms with Gasteiger partial charge in [-0.3, -0.25) is 0 Å². The normalized spacial score (nSPS) is 11.8. The molecule has 0 saturated carbocycles. The number of nitrogens with zero attached hydrogens (tertiary/aromatic N) is 2. The number of alkyl halides is 3. The Bertz CT molecular complexity index is 555. The summed E-state index contributed by atoms with van der Waals surface area (Å²) in [5.41, 5.74) is -0.542. The molecule has 1 aromatic heterocycles. The molecule has 3 nitrogen and oxygen atoms in total. The van der Waals surface area contributed by atoms with Crippen molar-refractivity contribution in [2.45, 2.75) is 6.18 Å². The van der Waals surface area contributed by atoms with Crippen molar-refractivity contribution in [1.29, 1.82) is 0 Å². The van der Waals surface area contributed by atoms with Gasteiger partial charge in [-0.15, -0.1) is 10.2 Å². The minimum absolute atomic E-state index is 0.0485. The van der Waals surface area contributed by atoms with Crippen LogP contribution in [-0.4, -0.2) is 10.2 Å². The zero-order valence-corrected chi connectivity index (χ0v) is 11.7. The summed E-state index contributed by atoms with van der Waals surface area (Å²) in [6.45, 7) is 0. The second-order valence-corrected chi connectivity index (χ2v) is 4.83. The minimum atomic E-state index is -4.40. The van der Waals surface area contributed by atoms with Crippen molar-refractivity contribution in [3.05, 3.63) is 32.1 Å². The maximum Gasteiger partial charge on any atom is 0.416 e. The van der Waals surface area contributed by atoms with Crippen molar-refractivity contribution >= 4 is 38.5 Å². The van der Waals surface area contributed by atoms with E-state index in [4.69, 9.17) is 4.42 Å². The van der Waals surface area contributed by atoms with Crippen LogP contribution in [0.5, 0.6) is 0 Å². The van der Waals surface area contributed by atoms with Crippen LogP contribution in [0.15, 0.2) is 27.1 Å². The van der Waals surface area contributed by atoms with Gasteiger partial charge in [-0.25, -0.2) is 0 Å². The standard InChI is InChI=1S/C9H3BrF3IN2O/c10-6-2-1-4(9(11,12)13)3-5(6)7-15-16-8(14)17-7/h1-3H. The van der Waals surface area contributed by atoms with Crippen LogP contribution in [0.25, 0.3) is 11.5 Å². The smallest absolute Gasteiger partial charge is 0.412 e. The van der Waals surface area contributed by atoms with Gasteiger partial charge in [0.25, 0.3) is 3.90 Å². The quantitative estimate of drug-likeness (QED) is 0.654. The van der Waals surface area contributed by atoms with Crippen LogP contribution in [0, 0.1) is 3.90 Å². The molecule has 0 aliphatic rings. The highest BCUT2D eigenvalue weighted by Crippen LogP contribution is 2.35. The fourth-order valence-electron chi connectivity index (χ4n) is 1.18. The molecule has 1 heterocycles. The molecule has 0 fully saturated rings. The Morgan fingerprint density at radius 3 is 2.47 bits per heavy atom. The summed E-state index contributed by atoms with van der Waals surface area (Å²) in [7, 11) is 0. The van der Waals surface area contributed by atoms with E-state index in [9.17, 15) is 13.2 Å². The predicted molar refractivity (Wildman–Crippen MR) is 65.2 cm³/mol. The first-order chi connectivity index (χ1) is 7.88. The van der Waals surface area contributed by atoms with Gasteiger partial charge in [0.2, 0.25) is 5.89 Å². The zero-order chi connectivity index (χ0) is 12.6. The van der Waals surface area contributed by atoms with Crippen molar-refractivity contribution in [2.24, 2.45) is 0 Å². The first kappa shape index (κ1) is 12.8. The van der Waals surface area contributed by atoms with Gasteiger partial charge in [0.05, 0.1) is 11.1 Å². The third kappa shape index (κ3) is 2.79. The van der Waals surface area contributed by atoms with Gasteiger partial charge in [0.1, 0.15) is 0 Å². The second kappa shape index (κ2) is 4.56. The van der Waals surface area contributed by atoms with Gasteiger partial charge in [-0.2, -0.15) is 13.2 Å². The number of halogens is 5. The lowest BCUT2D eigenvalue weighted by Gasteiger charge is -2.08. The van der Waals surface area contributed by atoms with Crippen molar-refractivity contribution in [2.75, 3.05) is 0 Å². The van der Waals surface area contributed by atoms with E-state index >= 15 is 0 Å². The van der Waals surface area contributed by atoms with Crippen molar-refractivity contribution in [3.63, 3.8) is 0 Å². The van der Waals surface area contributed by atoms with Gasteiger partial charge in [-0.05, 0) is 34.1 Å². The van der Waals surface area contributed by atoms with Crippen LogP contribution in [0.4, 0.5) is 13.2 Å². The second-order valence-electron chi connectivity index (χ2n) is 3.05. The van der Waals surface area contributed by atoms with E-state index in [0.717, 1.165) is 12.1 Å². The number of hydrogen-bond acceptors (Lipinski definition) is 3. The molecule has 0 saturated heterocycles. The van der Waals surface area contributed by atoms with Crippen LogP contribution in [0.3, 0.4) is 0 Å². The molecular weight excluding hydrogens is 416 g/mol. The zero-order valence-electron chi connectivity index (χ0n) is 7.92. The number of rotatable bonds is 1. The van der Waals surface area contributed by atoms with E-state index in [2.05, 4.69) is 26.1 Å². The maximum absolute atomic E-state index is 12.5. The highest BCUT2D eigenvalue weighted by Gasteiger charge is 2.31. The van der Waals surface area contributed by atoms with Crippen LogP contribution < -0.4 is 0 Å². The molecule has 17 heavy (non-hydrogen) atoms. The molecular formula is C9H3BrF3IN2O. The average molecular weight is 419 g/mol. The molecule has 0 bridgehead atoms. The molecule has 1 aromatic carbocycles. The molecule has 8 heteroatoms. The highest BCUT2D eigenvalue weighted by molar-refractivity contribution is 14.1. The molecule has 0 unspecified atom stereocenters. The van der Waals surface area contributed by atoms with Gasteiger partial charge in [0, 0.05) is 27.1 Å². The number of hydrogen-bond donors (Lipinski definition) is 0. The van der Waals surface area contributed by atoms with Gasteiger partial charge in [0.15, 0.2) is 0 Å². The molecule has 0 spiro atoms. The van der Waals surface area contributed by atoms with Crippen LogP contribution in [-0.2, 0) is 6.18 Å². The molecule has 0 radical (unpaired) electrons. The first-order valence-electron chi connectivity index (χ1n) is 4.24. The van der Waals surface area contributed by atoms with Gasteiger partial charge >= 0.3 is 6.18 Å². The van der Waals surface area contributed by atoms with E-state index < -0.39 is 11.7 Å². The largest absolute Gasteiger partial charge is 0.416 e. The van der Waals surface area contributed by atoms with E-state index in [-0.39, 0.29) is 15.4 Å². The number of benzene rings is 1. The van der Waals surface area contributed by atoms with Crippen molar-refractivity contribution < 1.29 is 17.6 Å². The molecule has 0 amide bonds. The Hall–Kier alpha value is -0.640. The van der Waals surface area contributed by atoms with Gasteiger partial charge in [-0.1, -0.05) is 0 Å². The lowest BCUT2D eigenvalue weighted by atomic mass is 10.1. The fraction of sp³-hybridized carbons (Fsp3) is 0.111. The SMILES string of the molecule is FC(F)(F)c1ccc(Br)c(-c2nnc(I)o2)c1. The first-order valence-corrected chi connectivity index (χ1v) is 6.11. The molecule has 2 rings (SSSR count). The lowest BCUT2D eigenvalue weighted by molar-refractivity contribution is -0.137. The molecule has 90 valence electrons. The van der Waals surface area contributed by atoms with Crippen LogP contribution in [0.1, 0.15) is 5.56 Å². The van der Waals surface area contributed by atoms with Crippen LogP contribution >= 0.6 is 38.5 Å². The van der Waals surface area contributed by atoms with Crippen LogP contribution in [0.2, 0.25) is 0 Å². The summed E-state index contributed by atoms with van der Waals surface area (Å²) in [6, 6.07) is 3.25. The summed E-state index contributed by atoms with van der Waals surface area (Å²) in [5, 5.41) is 7.24.